The third-order valence-electron chi connectivity index (χ3n) is 3.82. The average Bonchev–Trinajstić information content (AvgIpc) is 3.19. The summed E-state index contributed by atoms with van der Waals surface area (Å²) < 4.78 is 2.09. The first-order valence-electron chi connectivity index (χ1n) is 6.97. The highest BCUT2D eigenvalue weighted by molar-refractivity contribution is 6.31. The Hall–Kier alpha value is -2.59. The Bertz CT molecular complexity index is 897. The van der Waals surface area contributed by atoms with Crippen molar-refractivity contribution in [3.05, 3.63) is 83.8 Å². The van der Waals surface area contributed by atoms with Crippen LogP contribution in [0.25, 0.3) is 10.9 Å². The summed E-state index contributed by atoms with van der Waals surface area (Å²) >= 11 is 6.08. The largest absolute Gasteiger partial charge is 0.361 e. The quantitative estimate of drug-likeness (QED) is 0.620. The Morgan fingerprint density at radius 1 is 1.05 bits per heavy atom. The minimum atomic E-state index is 0.0421. The van der Waals surface area contributed by atoms with Gasteiger partial charge in [-0.2, -0.15) is 0 Å². The predicted molar refractivity (Wildman–Crippen MR) is 87.0 cm³/mol. The molecular formula is C17H13ClN4. The summed E-state index contributed by atoms with van der Waals surface area (Å²) in [6.07, 6.45) is 11.3. The van der Waals surface area contributed by atoms with Crippen LogP contribution in [-0.2, 0) is 0 Å². The van der Waals surface area contributed by atoms with Crippen LogP contribution in [0.4, 0.5) is 0 Å². The molecule has 4 nitrogen and oxygen atoms in total. The van der Waals surface area contributed by atoms with Crippen LogP contribution in [0.2, 0.25) is 5.02 Å². The molecule has 3 heterocycles. The van der Waals surface area contributed by atoms with Crippen LogP contribution < -0.4 is 0 Å². The summed E-state index contributed by atoms with van der Waals surface area (Å²) in [7, 11) is 0. The van der Waals surface area contributed by atoms with E-state index >= 15 is 0 Å². The van der Waals surface area contributed by atoms with Crippen molar-refractivity contribution in [1.29, 1.82) is 0 Å². The van der Waals surface area contributed by atoms with Gasteiger partial charge in [0.1, 0.15) is 0 Å². The van der Waals surface area contributed by atoms with E-state index in [9.17, 15) is 0 Å². The van der Waals surface area contributed by atoms with Gasteiger partial charge >= 0.3 is 0 Å². The number of nitrogens with one attached hydrogen (secondary N) is 1. The Balaban J connectivity index is 1.94. The van der Waals surface area contributed by atoms with Gasteiger partial charge in [-0.05, 0) is 29.8 Å². The van der Waals surface area contributed by atoms with Gasteiger partial charge in [0.25, 0.3) is 0 Å². The zero-order valence-corrected chi connectivity index (χ0v) is 12.4. The number of imidazole rings is 1. The van der Waals surface area contributed by atoms with E-state index in [1.54, 1.807) is 6.20 Å². The van der Waals surface area contributed by atoms with Crippen molar-refractivity contribution in [1.82, 2.24) is 19.5 Å². The van der Waals surface area contributed by atoms with Crippen molar-refractivity contribution in [3.8, 4) is 0 Å². The van der Waals surface area contributed by atoms with E-state index in [2.05, 4.69) is 25.6 Å². The molecular weight excluding hydrogens is 296 g/mol. The maximum absolute atomic E-state index is 6.08. The number of aromatic nitrogens is 4. The fourth-order valence-corrected chi connectivity index (χ4v) is 3.00. The van der Waals surface area contributed by atoms with Crippen molar-refractivity contribution >= 4 is 22.5 Å². The molecule has 0 amide bonds. The van der Waals surface area contributed by atoms with Crippen LogP contribution >= 0.6 is 11.6 Å². The van der Waals surface area contributed by atoms with Gasteiger partial charge in [-0.25, -0.2) is 4.98 Å². The molecule has 5 heteroatoms. The van der Waals surface area contributed by atoms with Crippen LogP contribution in [0.1, 0.15) is 17.2 Å². The molecule has 0 saturated heterocycles. The molecule has 22 heavy (non-hydrogen) atoms. The highest BCUT2D eigenvalue weighted by Gasteiger charge is 2.19. The summed E-state index contributed by atoms with van der Waals surface area (Å²) in [6, 6.07) is 10.0. The highest BCUT2D eigenvalue weighted by Crippen LogP contribution is 2.32. The minimum absolute atomic E-state index is 0.0421. The first-order valence-corrected chi connectivity index (χ1v) is 7.34. The molecule has 1 unspecified atom stereocenters. The van der Waals surface area contributed by atoms with E-state index in [0.717, 1.165) is 21.5 Å². The lowest BCUT2D eigenvalue weighted by atomic mass is 9.99. The Morgan fingerprint density at radius 3 is 2.68 bits per heavy atom. The Morgan fingerprint density at radius 2 is 1.91 bits per heavy atom. The number of H-pyrrole nitrogens is 1. The fourth-order valence-electron chi connectivity index (χ4n) is 2.83. The van der Waals surface area contributed by atoms with E-state index in [1.807, 2.05) is 55.4 Å². The van der Waals surface area contributed by atoms with Crippen molar-refractivity contribution in [2.45, 2.75) is 6.04 Å². The number of halogens is 1. The number of aromatic amines is 1. The first kappa shape index (κ1) is 13.1. The van der Waals surface area contributed by atoms with Crippen LogP contribution in [0.15, 0.2) is 67.6 Å². The van der Waals surface area contributed by atoms with Gasteiger partial charge in [-0.1, -0.05) is 17.7 Å². The standard InChI is InChI=1S/C17H13ClN4/c18-13-1-2-14-15(10-21-16(14)9-13)17(22-8-7-20-11-22)12-3-5-19-6-4-12/h1-11,17,21H. The molecule has 0 spiro atoms. The average molecular weight is 309 g/mol. The second-order valence-electron chi connectivity index (χ2n) is 5.13. The number of rotatable bonds is 3. The molecule has 1 atom stereocenters. The lowest BCUT2D eigenvalue weighted by Crippen LogP contribution is -2.10. The molecule has 4 rings (SSSR count). The molecule has 108 valence electrons. The van der Waals surface area contributed by atoms with Crippen LogP contribution in [-0.4, -0.2) is 19.5 Å². The second kappa shape index (κ2) is 5.31. The zero-order chi connectivity index (χ0) is 14.9. The van der Waals surface area contributed by atoms with Gasteiger partial charge in [0.05, 0.1) is 12.4 Å². The molecule has 0 aliphatic heterocycles. The molecule has 0 aliphatic carbocycles. The van der Waals surface area contributed by atoms with Gasteiger partial charge in [0, 0.05) is 52.5 Å². The van der Waals surface area contributed by atoms with E-state index < -0.39 is 0 Å². The van der Waals surface area contributed by atoms with E-state index in [-0.39, 0.29) is 6.04 Å². The second-order valence-corrected chi connectivity index (χ2v) is 5.56. The number of nitrogens with zero attached hydrogens (tertiary/aromatic N) is 3. The summed E-state index contributed by atoms with van der Waals surface area (Å²) in [5.41, 5.74) is 3.36. The minimum Gasteiger partial charge on any atom is -0.361 e. The molecule has 0 radical (unpaired) electrons. The lowest BCUT2D eigenvalue weighted by molar-refractivity contribution is 0.680. The maximum atomic E-state index is 6.08. The number of hydrogen-bond donors (Lipinski definition) is 1. The molecule has 0 bridgehead atoms. The van der Waals surface area contributed by atoms with Crippen molar-refractivity contribution in [3.63, 3.8) is 0 Å². The Kier molecular flexibility index (Phi) is 3.16. The van der Waals surface area contributed by atoms with Crippen LogP contribution in [0.5, 0.6) is 0 Å². The molecule has 0 saturated carbocycles. The van der Waals surface area contributed by atoms with Crippen molar-refractivity contribution in [2.75, 3.05) is 0 Å². The van der Waals surface area contributed by atoms with Gasteiger partial charge in [0.2, 0.25) is 0 Å². The van der Waals surface area contributed by atoms with Gasteiger partial charge in [0.15, 0.2) is 0 Å². The first-order chi connectivity index (χ1) is 10.8. The third-order valence-corrected chi connectivity index (χ3v) is 4.05. The van der Waals surface area contributed by atoms with E-state index in [1.165, 1.54) is 5.56 Å². The van der Waals surface area contributed by atoms with Crippen molar-refractivity contribution in [2.24, 2.45) is 0 Å². The molecule has 0 fully saturated rings. The molecule has 4 aromatic rings. The smallest absolute Gasteiger partial charge is 0.0954 e. The highest BCUT2D eigenvalue weighted by atomic mass is 35.5. The van der Waals surface area contributed by atoms with Crippen molar-refractivity contribution < 1.29 is 0 Å². The maximum Gasteiger partial charge on any atom is 0.0954 e. The van der Waals surface area contributed by atoms with E-state index in [4.69, 9.17) is 11.6 Å². The zero-order valence-electron chi connectivity index (χ0n) is 11.6. The topological polar surface area (TPSA) is 46.5 Å². The number of hydrogen-bond acceptors (Lipinski definition) is 2. The lowest BCUT2D eigenvalue weighted by Gasteiger charge is -2.18. The molecule has 3 aromatic heterocycles. The summed E-state index contributed by atoms with van der Waals surface area (Å²) in [5, 5.41) is 1.88. The van der Waals surface area contributed by atoms with Gasteiger partial charge < -0.3 is 9.55 Å². The number of benzene rings is 1. The van der Waals surface area contributed by atoms with Gasteiger partial charge in [-0.15, -0.1) is 0 Å². The summed E-state index contributed by atoms with van der Waals surface area (Å²) in [5.74, 6) is 0. The molecule has 1 aromatic carbocycles. The SMILES string of the molecule is Clc1ccc2c(C(c3ccncc3)n3ccnc3)c[nH]c2c1. The number of pyridine rings is 1. The van der Waals surface area contributed by atoms with Crippen LogP contribution in [0.3, 0.4) is 0 Å². The fraction of sp³-hybridized carbons (Fsp3) is 0.0588. The third kappa shape index (κ3) is 2.18. The monoisotopic (exact) mass is 308 g/mol. The summed E-state index contributed by atoms with van der Waals surface area (Å²) in [4.78, 5) is 11.6. The normalized spacial score (nSPS) is 12.6. The van der Waals surface area contributed by atoms with E-state index in [0.29, 0.717) is 0 Å². The summed E-state index contributed by atoms with van der Waals surface area (Å²) in [6.45, 7) is 0. The van der Waals surface area contributed by atoms with Gasteiger partial charge in [-0.3, -0.25) is 4.98 Å². The Labute approximate surface area is 132 Å². The van der Waals surface area contributed by atoms with Crippen LogP contribution in [0, 0.1) is 0 Å². The molecule has 0 aliphatic rings. The molecule has 1 N–H and O–H groups in total. The predicted octanol–water partition coefficient (Wildman–Crippen LogP) is 4.05. The number of fused-ring (bicyclic) bond motifs is 1.